The van der Waals surface area contributed by atoms with Crippen molar-refractivity contribution in [3.05, 3.63) is 48.0 Å². The molecule has 1 fully saturated rings. The predicted molar refractivity (Wildman–Crippen MR) is 116 cm³/mol. The number of rotatable bonds is 2. The molecule has 1 saturated heterocycles. The number of piperidine rings is 1. The van der Waals surface area contributed by atoms with Crippen LogP contribution in [0, 0.1) is 0 Å². The van der Waals surface area contributed by atoms with Crippen LogP contribution >= 0.6 is 0 Å². The van der Waals surface area contributed by atoms with Gasteiger partial charge in [-0.15, -0.1) is 10.2 Å². The number of anilines is 3. The normalized spacial score (nSPS) is 19.9. The molecule has 2 aromatic carbocycles. The second-order valence-electron chi connectivity index (χ2n) is 8.33. The van der Waals surface area contributed by atoms with Gasteiger partial charge in [0.15, 0.2) is 0 Å². The van der Waals surface area contributed by atoms with Crippen LogP contribution in [-0.4, -0.2) is 51.9 Å². The fourth-order valence-corrected chi connectivity index (χ4v) is 4.73. The van der Waals surface area contributed by atoms with E-state index in [9.17, 15) is 18.0 Å². The number of fused-ring (bicyclic) bond motifs is 5. The Hall–Kier alpha value is -3.63. The van der Waals surface area contributed by atoms with Gasteiger partial charge in [0.1, 0.15) is 0 Å². The quantitative estimate of drug-likeness (QED) is 0.636. The van der Waals surface area contributed by atoms with Crippen molar-refractivity contribution in [2.45, 2.75) is 31.1 Å². The van der Waals surface area contributed by atoms with E-state index in [1.807, 2.05) is 49.5 Å². The van der Waals surface area contributed by atoms with E-state index >= 15 is 0 Å². The van der Waals surface area contributed by atoms with Crippen LogP contribution in [0.3, 0.4) is 0 Å². The topological polar surface area (TPSA) is 79.2 Å². The van der Waals surface area contributed by atoms with Crippen LogP contribution in [0.1, 0.15) is 24.4 Å². The summed E-state index contributed by atoms with van der Waals surface area (Å²) in [5.41, 5.74) is 4.68. The second-order valence-corrected chi connectivity index (χ2v) is 8.33. The Bertz CT molecular complexity index is 1210. The molecule has 172 valence electrons. The lowest BCUT2D eigenvalue weighted by molar-refractivity contribution is -0.174. The summed E-state index contributed by atoms with van der Waals surface area (Å²) in [6.45, 7) is 0.505. The number of hydrogen-bond acceptors (Lipinski definition) is 6. The number of carbonyl (C=O) groups excluding carboxylic acids is 1. The predicted octanol–water partition coefficient (Wildman–Crippen LogP) is 3.35. The molecule has 0 radical (unpaired) electrons. The average molecular weight is 457 g/mol. The van der Waals surface area contributed by atoms with Gasteiger partial charge in [0.05, 0.1) is 24.5 Å². The van der Waals surface area contributed by atoms with Gasteiger partial charge < -0.3 is 15.1 Å². The van der Waals surface area contributed by atoms with Crippen molar-refractivity contribution in [2.75, 3.05) is 23.4 Å². The van der Waals surface area contributed by atoms with Gasteiger partial charge in [-0.2, -0.15) is 18.0 Å². The third-order valence-electron chi connectivity index (χ3n) is 6.26. The minimum Gasteiger partial charge on any atom is -0.363 e. The molecule has 0 saturated carbocycles. The highest BCUT2D eigenvalue weighted by Crippen LogP contribution is 2.48. The maximum absolute atomic E-state index is 12.8. The summed E-state index contributed by atoms with van der Waals surface area (Å²) >= 11 is 0. The molecular formula is C22H22F3N7O. The van der Waals surface area contributed by atoms with E-state index in [0.717, 1.165) is 28.2 Å². The SMILES string of the molecule is CN1c2ccccc2[C@H]2C[C@@H](NC(=O)C(F)(F)F)CCN2c2ccc(-c3nnn(C)n3)cc21. The molecule has 0 spiro atoms. The van der Waals surface area contributed by atoms with Crippen LogP contribution in [0.5, 0.6) is 0 Å². The van der Waals surface area contributed by atoms with Gasteiger partial charge in [-0.05, 0) is 47.9 Å². The summed E-state index contributed by atoms with van der Waals surface area (Å²) in [6, 6.07) is 13.0. The zero-order valence-electron chi connectivity index (χ0n) is 18.0. The first-order valence-corrected chi connectivity index (χ1v) is 10.6. The number of aromatic nitrogens is 4. The van der Waals surface area contributed by atoms with E-state index in [4.69, 9.17) is 0 Å². The molecule has 33 heavy (non-hydrogen) atoms. The van der Waals surface area contributed by atoms with E-state index in [0.29, 0.717) is 25.2 Å². The molecule has 5 rings (SSSR count). The summed E-state index contributed by atoms with van der Waals surface area (Å²) in [4.78, 5) is 17.2. The first-order valence-electron chi connectivity index (χ1n) is 10.6. The summed E-state index contributed by atoms with van der Waals surface area (Å²) in [5.74, 6) is -1.38. The fraction of sp³-hybridized carbons (Fsp3) is 0.364. The van der Waals surface area contributed by atoms with Crippen LogP contribution in [0.15, 0.2) is 42.5 Å². The maximum Gasteiger partial charge on any atom is 0.471 e. The van der Waals surface area contributed by atoms with E-state index in [1.165, 1.54) is 4.80 Å². The molecule has 11 heteroatoms. The lowest BCUT2D eigenvalue weighted by Crippen LogP contribution is -2.49. The largest absolute Gasteiger partial charge is 0.471 e. The number of halogens is 3. The van der Waals surface area contributed by atoms with Gasteiger partial charge in [-0.1, -0.05) is 18.2 Å². The van der Waals surface area contributed by atoms with Gasteiger partial charge in [0.2, 0.25) is 5.82 Å². The Morgan fingerprint density at radius 3 is 2.61 bits per heavy atom. The molecular weight excluding hydrogens is 435 g/mol. The number of aryl methyl sites for hydroxylation is 1. The Labute approximate surface area is 188 Å². The third kappa shape index (κ3) is 3.77. The van der Waals surface area contributed by atoms with Crippen molar-refractivity contribution < 1.29 is 18.0 Å². The number of nitrogens with one attached hydrogen (secondary N) is 1. The number of alkyl halides is 3. The first-order chi connectivity index (χ1) is 15.7. The molecule has 0 unspecified atom stereocenters. The van der Waals surface area contributed by atoms with Crippen molar-refractivity contribution >= 4 is 23.0 Å². The molecule has 0 bridgehead atoms. The molecule has 3 heterocycles. The number of tetrazole rings is 1. The monoisotopic (exact) mass is 457 g/mol. The number of hydrogen-bond donors (Lipinski definition) is 1. The molecule has 1 N–H and O–H groups in total. The Balaban J connectivity index is 1.55. The number of carbonyl (C=O) groups is 1. The fourth-order valence-electron chi connectivity index (χ4n) is 4.73. The molecule has 1 amide bonds. The molecule has 2 atom stereocenters. The zero-order chi connectivity index (χ0) is 23.3. The van der Waals surface area contributed by atoms with Crippen molar-refractivity contribution in [3.8, 4) is 11.4 Å². The van der Waals surface area contributed by atoms with Crippen molar-refractivity contribution in [2.24, 2.45) is 7.05 Å². The minimum atomic E-state index is -4.89. The highest BCUT2D eigenvalue weighted by Gasteiger charge is 2.42. The van der Waals surface area contributed by atoms with Crippen LogP contribution in [0.2, 0.25) is 0 Å². The third-order valence-corrected chi connectivity index (χ3v) is 6.26. The summed E-state index contributed by atoms with van der Waals surface area (Å²) in [6.07, 6.45) is -4.10. The zero-order valence-corrected chi connectivity index (χ0v) is 18.0. The van der Waals surface area contributed by atoms with E-state index < -0.39 is 18.1 Å². The van der Waals surface area contributed by atoms with Crippen molar-refractivity contribution in [1.29, 1.82) is 0 Å². The smallest absolute Gasteiger partial charge is 0.363 e. The number of para-hydroxylation sites is 1. The Morgan fingerprint density at radius 2 is 1.88 bits per heavy atom. The summed E-state index contributed by atoms with van der Waals surface area (Å²) < 4.78 is 38.5. The highest BCUT2D eigenvalue weighted by atomic mass is 19.4. The highest BCUT2D eigenvalue weighted by molar-refractivity contribution is 5.85. The van der Waals surface area contributed by atoms with E-state index in [1.54, 1.807) is 7.05 Å². The van der Waals surface area contributed by atoms with Gasteiger partial charge in [-0.3, -0.25) is 4.79 Å². The van der Waals surface area contributed by atoms with Crippen LogP contribution < -0.4 is 15.1 Å². The van der Waals surface area contributed by atoms with Crippen molar-refractivity contribution in [1.82, 2.24) is 25.5 Å². The van der Waals surface area contributed by atoms with Crippen molar-refractivity contribution in [3.63, 3.8) is 0 Å². The van der Waals surface area contributed by atoms with Gasteiger partial charge in [0, 0.05) is 30.9 Å². The van der Waals surface area contributed by atoms with Gasteiger partial charge in [0.25, 0.3) is 0 Å². The maximum atomic E-state index is 12.8. The van der Waals surface area contributed by atoms with E-state index in [2.05, 4.69) is 30.5 Å². The van der Waals surface area contributed by atoms with Crippen LogP contribution in [0.25, 0.3) is 11.4 Å². The number of benzene rings is 2. The lowest BCUT2D eigenvalue weighted by atomic mass is 9.90. The molecule has 2 aliphatic rings. The number of nitrogens with zero attached hydrogens (tertiary/aromatic N) is 6. The molecule has 0 aliphatic carbocycles. The minimum absolute atomic E-state index is 0.183. The number of amides is 1. The lowest BCUT2D eigenvalue weighted by Gasteiger charge is -2.41. The standard InChI is InChI=1S/C22H22F3N7O/c1-30-16-6-4-3-5-15(16)18-12-14(26-21(33)22(23,24)25)9-10-32(18)17-8-7-13(11-19(17)30)20-27-29-31(2)28-20/h3-8,11,14,18H,9-10,12H2,1-2H3,(H,26,33)/t14-,18+/m0/s1. The summed E-state index contributed by atoms with van der Waals surface area (Å²) in [5, 5.41) is 14.5. The Kier molecular flexibility index (Phi) is 4.98. The Morgan fingerprint density at radius 1 is 1.09 bits per heavy atom. The molecule has 2 aliphatic heterocycles. The average Bonchev–Trinajstić information content (AvgIpc) is 3.20. The molecule has 1 aromatic heterocycles. The van der Waals surface area contributed by atoms with Gasteiger partial charge in [-0.25, -0.2) is 0 Å². The van der Waals surface area contributed by atoms with E-state index in [-0.39, 0.29) is 6.04 Å². The van der Waals surface area contributed by atoms with Crippen LogP contribution in [-0.2, 0) is 11.8 Å². The summed E-state index contributed by atoms with van der Waals surface area (Å²) in [7, 11) is 3.67. The second kappa shape index (κ2) is 7.75. The first kappa shape index (κ1) is 21.2. The van der Waals surface area contributed by atoms with Crippen LogP contribution in [0.4, 0.5) is 30.2 Å². The molecule has 8 nitrogen and oxygen atoms in total. The van der Waals surface area contributed by atoms with Gasteiger partial charge >= 0.3 is 12.1 Å². The molecule has 3 aromatic rings.